The lowest BCUT2D eigenvalue weighted by atomic mass is 9.94. The third-order valence-corrected chi connectivity index (χ3v) is 6.10. The number of fused-ring (bicyclic) bond motifs is 3. The normalized spacial score (nSPS) is 15.9. The van der Waals surface area contributed by atoms with Crippen LogP contribution in [0.4, 0.5) is 0 Å². The molecule has 2 aromatic heterocycles. The fourth-order valence-corrected chi connectivity index (χ4v) is 4.71. The van der Waals surface area contributed by atoms with Gasteiger partial charge in [0, 0.05) is 18.5 Å². The molecule has 0 N–H and O–H groups in total. The molecule has 4 nitrogen and oxygen atoms in total. The van der Waals surface area contributed by atoms with E-state index in [-0.39, 0.29) is 11.5 Å². The highest BCUT2D eigenvalue weighted by molar-refractivity contribution is 7.21. The molecular formula is C19H19NO3S. The fraction of sp³-hybridized carbons (Fsp3) is 0.368. The third kappa shape index (κ3) is 2.53. The van der Waals surface area contributed by atoms with Gasteiger partial charge in [0.2, 0.25) is 0 Å². The largest absolute Gasteiger partial charge is 0.422 e. The summed E-state index contributed by atoms with van der Waals surface area (Å²) >= 11 is 1.39. The molecule has 0 saturated heterocycles. The van der Waals surface area contributed by atoms with Gasteiger partial charge in [-0.25, -0.2) is 4.79 Å². The number of thiophene rings is 1. The number of hydrogen-bond donors (Lipinski definition) is 0. The summed E-state index contributed by atoms with van der Waals surface area (Å²) in [5, 5.41) is 1.38. The highest BCUT2D eigenvalue weighted by Crippen LogP contribution is 2.32. The lowest BCUT2D eigenvalue weighted by Gasteiger charge is -2.30. The SMILES string of the molecule is CN(C(=O)c1cc2c(=O)oc3ccccc3c2s1)C1CCCCC1. The molecule has 24 heavy (non-hydrogen) atoms. The first-order valence-electron chi connectivity index (χ1n) is 8.37. The Bertz CT molecular complexity index is 966. The van der Waals surface area contributed by atoms with Crippen LogP contribution in [0, 0.1) is 0 Å². The maximum absolute atomic E-state index is 12.9. The molecule has 3 aromatic rings. The second kappa shape index (κ2) is 6.06. The monoisotopic (exact) mass is 341 g/mol. The fourth-order valence-electron chi connectivity index (χ4n) is 3.55. The Morgan fingerprint density at radius 1 is 1.17 bits per heavy atom. The van der Waals surface area contributed by atoms with Gasteiger partial charge in [-0.3, -0.25) is 4.79 Å². The van der Waals surface area contributed by atoms with E-state index in [1.54, 1.807) is 12.1 Å². The van der Waals surface area contributed by atoms with E-state index in [9.17, 15) is 9.59 Å². The molecule has 0 radical (unpaired) electrons. The minimum absolute atomic E-state index is 0.00609. The summed E-state index contributed by atoms with van der Waals surface area (Å²) in [5.74, 6) is 0.00609. The predicted octanol–water partition coefficient (Wildman–Crippen LogP) is 4.41. The summed E-state index contributed by atoms with van der Waals surface area (Å²) in [4.78, 5) is 27.5. The molecule has 0 unspecified atom stereocenters. The standard InChI is InChI=1S/C19H19NO3S/c1-20(12-7-3-2-4-8-12)18(21)16-11-14-17(24-16)13-9-5-6-10-15(13)23-19(14)22/h5-6,9-12H,2-4,7-8H2,1H3. The van der Waals surface area contributed by atoms with Gasteiger partial charge in [-0.1, -0.05) is 31.4 Å². The molecule has 2 heterocycles. The predicted molar refractivity (Wildman–Crippen MR) is 96.8 cm³/mol. The molecule has 1 amide bonds. The van der Waals surface area contributed by atoms with Crippen LogP contribution in [-0.4, -0.2) is 23.9 Å². The molecule has 0 atom stereocenters. The van der Waals surface area contributed by atoms with Crippen molar-refractivity contribution in [2.24, 2.45) is 0 Å². The summed E-state index contributed by atoms with van der Waals surface area (Å²) < 4.78 is 6.21. The highest BCUT2D eigenvalue weighted by Gasteiger charge is 2.25. The molecule has 0 aliphatic heterocycles. The molecule has 1 fully saturated rings. The molecule has 4 rings (SSSR count). The van der Waals surface area contributed by atoms with E-state index in [0.717, 1.165) is 22.9 Å². The van der Waals surface area contributed by atoms with Crippen LogP contribution in [-0.2, 0) is 0 Å². The van der Waals surface area contributed by atoms with Gasteiger partial charge in [0.05, 0.1) is 15.0 Å². The summed E-state index contributed by atoms with van der Waals surface area (Å²) in [6, 6.07) is 9.47. The zero-order chi connectivity index (χ0) is 16.7. The number of hydrogen-bond acceptors (Lipinski definition) is 4. The van der Waals surface area contributed by atoms with Gasteiger partial charge in [0.15, 0.2) is 0 Å². The lowest BCUT2D eigenvalue weighted by Crippen LogP contribution is -2.37. The Labute approximate surface area is 143 Å². The van der Waals surface area contributed by atoms with Crippen molar-refractivity contribution in [1.29, 1.82) is 0 Å². The van der Waals surface area contributed by atoms with E-state index >= 15 is 0 Å². The van der Waals surface area contributed by atoms with Crippen molar-refractivity contribution >= 4 is 38.3 Å². The zero-order valence-electron chi connectivity index (χ0n) is 13.6. The maximum Gasteiger partial charge on any atom is 0.345 e. The Morgan fingerprint density at radius 2 is 1.92 bits per heavy atom. The quantitative estimate of drug-likeness (QED) is 0.649. The first-order valence-corrected chi connectivity index (χ1v) is 9.19. The summed E-state index contributed by atoms with van der Waals surface area (Å²) in [6.07, 6.45) is 5.76. The first kappa shape index (κ1) is 15.4. The average Bonchev–Trinajstić information content (AvgIpc) is 3.07. The minimum atomic E-state index is -0.376. The second-order valence-corrected chi connectivity index (χ2v) is 7.50. The van der Waals surface area contributed by atoms with Crippen molar-refractivity contribution in [3.05, 3.63) is 45.6 Å². The Hall–Kier alpha value is -2.14. The zero-order valence-corrected chi connectivity index (χ0v) is 14.4. The number of carbonyl (C=O) groups excluding carboxylic acids is 1. The Balaban J connectivity index is 1.77. The molecule has 1 aliphatic rings. The van der Waals surface area contributed by atoms with E-state index in [2.05, 4.69) is 0 Å². The summed E-state index contributed by atoms with van der Waals surface area (Å²) in [7, 11) is 1.88. The molecule has 1 aromatic carbocycles. The van der Waals surface area contributed by atoms with Gasteiger partial charge >= 0.3 is 5.63 Å². The van der Waals surface area contributed by atoms with Crippen molar-refractivity contribution in [1.82, 2.24) is 4.90 Å². The van der Waals surface area contributed by atoms with Crippen LogP contribution in [0.3, 0.4) is 0 Å². The van der Waals surface area contributed by atoms with Crippen LogP contribution in [0.1, 0.15) is 41.8 Å². The number of rotatable bonds is 2. The lowest BCUT2D eigenvalue weighted by molar-refractivity contribution is 0.0701. The van der Waals surface area contributed by atoms with Gasteiger partial charge in [-0.2, -0.15) is 0 Å². The van der Waals surface area contributed by atoms with Crippen LogP contribution in [0.2, 0.25) is 0 Å². The van der Waals surface area contributed by atoms with E-state index < -0.39 is 0 Å². The molecule has 124 valence electrons. The van der Waals surface area contributed by atoms with Gasteiger partial charge in [0.1, 0.15) is 5.58 Å². The number of carbonyl (C=O) groups is 1. The van der Waals surface area contributed by atoms with Crippen LogP contribution >= 0.6 is 11.3 Å². The van der Waals surface area contributed by atoms with Crippen molar-refractivity contribution in [2.75, 3.05) is 7.05 Å². The van der Waals surface area contributed by atoms with Crippen LogP contribution in [0.25, 0.3) is 21.1 Å². The first-order chi connectivity index (χ1) is 11.6. The average molecular weight is 341 g/mol. The number of amides is 1. The smallest absolute Gasteiger partial charge is 0.345 e. The Kier molecular flexibility index (Phi) is 3.88. The Morgan fingerprint density at radius 3 is 2.71 bits per heavy atom. The summed E-state index contributed by atoms with van der Waals surface area (Å²) in [5.41, 5.74) is 0.191. The number of nitrogens with zero attached hydrogens (tertiary/aromatic N) is 1. The van der Waals surface area contributed by atoms with E-state index in [1.165, 1.54) is 30.6 Å². The topological polar surface area (TPSA) is 50.5 Å². The molecule has 1 saturated carbocycles. The van der Waals surface area contributed by atoms with Crippen molar-refractivity contribution < 1.29 is 9.21 Å². The van der Waals surface area contributed by atoms with E-state index in [4.69, 9.17) is 4.42 Å². The molecular weight excluding hydrogens is 322 g/mol. The van der Waals surface area contributed by atoms with Gasteiger partial charge in [-0.05, 0) is 31.0 Å². The summed E-state index contributed by atoms with van der Waals surface area (Å²) in [6.45, 7) is 0. The second-order valence-electron chi connectivity index (χ2n) is 6.45. The molecule has 1 aliphatic carbocycles. The van der Waals surface area contributed by atoms with E-state index in [0.29, 0.717) is 21.9 Å². The van der Waals surface area contributed by atoms with Crippen LogP contribution < -0.4 is 5.63 Å². The van der Waals surface area contributed by atoms with Crippen molar-refractivity contribution in [2.45, 2.75) is 38.1 Å². The van der Waals surface area contributed by atoms with E-state index in [1.807, 2.05) is 30.1 Å². The highest BCUT2D eigenvalue weighted by atomic mass is 32.1. The molecule has 0 bridgehead atoms. The van der Waals surface area contributed by atoms with Crippen molar-refractivity contribution in [3.63, 3.8) is 0 Å². The number of benzene rings is 1. The van der Waals surface area contributed by atoms with Crippen LogP contribution in [0.5, 0.6) is 0 Å². The third-order valence-electron chi connectivity index (χ3n) is 4.94. The van der Waals surface area contributed by atoms with Crippen LogP contribution in [0.15, 0.2) is 39.5 Å². The molecule has 0 spiro atoms. The van der Waals surface area contributed by atoms with Gasteiger partial charge in [0.25, 0.3) is 5.91 Å². The number of para-hydroxylation sites is 1. The maximum atomic E-state index is 12.9. The minimum Gasteiger partial charge on any atom is -0.422 e. The van der Waals surface area contributed by atoms with Gasteiger partial charge < -0.3 is 9.32 Å². The van der Waals surface area contributed by atoms with Gasteiger partial charge in [-0.15, -0.1) is 11.3 Å². The van der Waals surface area contributed by atoms with Crippen molar-refractivity contribution in [3.8, 4) is 0 Å². The molecule has 5 heteroatoms.